The Morgan fingerprint density at radius 3 is 2.74 bits per heavy atom. The Labute approximate surface area is 161 Å². The Bertz CT molecular complexity index is 894. The van der Waals surface area contributed by atoms with Crippen LogP contribution in [0.15, 0.2) is 66.9 Å². The van der Waals surface area contributed by atoms with Crippen LogP contribution in [-0.4, -0.2) is 24.7 Å². The van der Waals surface area contributed by atoms with Crippen molar-refractivity contribution in [3.05, 3.63) is 78.0 Å². The highest BCUT2D eigenvalue weighted by Gasteiger charge is 2.22. The molecular formula is C24H28N2O. The minimum absolute atomic E-state index is 0.442. The molecule has 2 heterocycles. The fourth-order valence-corrected chi connectivity index (χ4v) is 4.16. The van der Waals surface area contributed by atoms with Gasteiger partial charge in [-0.05, 0) is 48.6 Å². The van der Waals surface area contributed by atoms with Gasteiger partial charge in [0.05, 0.1) is 7.11 Å². The first-order valence-electron chi connectivity index (χ1n) is 9.94. The molecule has 0 aliphatic carbocycles. The van der Waals surface area contributed by atoms with Crippen molar-refractivity contribution in [2.75, 3.05) is 13.7 Å². The lowest BCUT2D eigenvalue weighted by Gasteiger charge is -2.29. The molecular weight excluding hydrogens is 332 g/mol. The number of para-hydroxylation sites is 1. The van der Waals surface area contributed by atoms with Crippen molar-refractivity contribution in [2.45, 2.75) is 37.6 Å². The molecule has 140 valence electrons. The fraction of sp³-hybridized carbons (Fsp3) is 0.333. The molecule has 3 nitrogen and oxygen atoms in total. The van der Waals surface area contributed by atoms with Crippen LogP contribution in [0.2, 0.25) is 0 Å². The maximum atomic E-state index is 5.29. The number of aryl methyl sites for hydroxylation is 1. The van der Waals surface area contributed by atoms with Gasteiger partial charge >= 0.3 is 0 Å². The molecule has 0 radical (unpaired) electrons. The van der Waals surface area contributed by atoms with E-state index in [1.165, 1.54) is 41.3 Å². The predicted octanol–water partition coefficient (Wildman–Crippen LogP) is 5.20. The molecule has 0 saturated carbocycles. The second kappa shape index (κ2) is 8.45. The third kappa shape index (κ3) is 4.09. The fourth-order valence-electron chi connectivity index (χ4n) is 4.16. The summed E-state index contributed by atoms with van der Waals surface area (Å²) in [7, 11) is 1.72. The van der Waals surface area contributed by atoms with Crippen LogP contribution in [0.5, 0.6) is 5.75 Å². The molecule has 0 bridgehead atoms. The summed E-state index contributed by atoms with van der Waals surface area (Å²) in [6, 6.07) is 17.6. The maximum absolute atomic E-state index is 5.29. The summed E-state index contributed by atoms with van der Waals surface area (Å²) in [5.41, 5.74) is 4.04. The number of aromatic amines is 1. The molecule has 1 aliphatic rings. The summed E-state index contributed by atoms with van der Waals surface area (Å²) in [5, 5.41) is 5.06. The number of nitrogens with one attached hydrogen (secondary N) is 2. The van der Waals surface area contributed by atoms with Crippen LogP contribution < -0.4 is 10.1 Å². The van der Waals surface area contributed by atoms with Gasteiger partial charge < -0.3 is 15.0 Å². The van der Waals surface area contributed by atoms with E-state index in [-0.39, 0.29) is 0 Å². The lowest BCUT2D eigenvalue weighted by Crippen LogP contribution is -2.37. The van der Waals surface area contributed by atoms with E-state index >= 15 is 0 Å². The first-order valence-corrected chi connectivity index (χ1v) is 9.94. The molecule has 3 aromatic rings. The van der Waals surface area contributed by atoms with Crippen molar-refractivity contribution in [2.24, 2.45) is 0 Å². The number of fused-ring (bicyclic) bond motifs is 1. The summed E-state index contributed by atoms with van der Waals surface area (Å²) in [5.74, 6) is 1.36. The van der Waals surface area contributed by atoms with Gasteiger partial charge in [-0.15, -0.1) is 0 Å². The van der Waals surface area contributed by atoms with Gasteiger partial charge in [0.15, 0.2) is 0 Å². The van der Waals surface area contributed by atoms with Crippen LogP contribution >= 0.6 is 0 Å². The van der Waals surface area contributed by atoms with Crippen LogP contribution in [0.25, 0.3) is 10.9 Å². The molecule has 0 spiro atoms. The summed E-state index contributed by atoms with van der Waals surface area (Å²) in [6.07, 6.45) is 11.6. The first kappa shape index (κ1) is 17.9. The number of ether oxygens (including phenoxy) is 1. The minimum atomic E-state index is 0.442. The highest BCUT2D eigenvalue weighted by Crippen LogP contribution is 2.28. The van der Waals surface area contributed by atoms with E-state index in [0.29, 0.717) is 12.0 Å². The van der Waals surface area contributed by atoms with Crippen molar-refractivity contribution >= 4 is 10.9 Å². The lowest BCUT2D eigenvalue weighted by atomic mass is 9.86. The first-order chi connectivity index (χ1) is 13.3. The van der Waals surface area contributed by atoms with E-state index in [0.717, 1.165) is 18.7 Å². The van der Waals surface area contributed by atoms with Gasteiger partial charge in [-0.25, -0.2) is 0 Å². The van der Waals surface area contributed by atoms with E-state index in [1.807, 2.05) is 0 Å². The Morgan fingerprint density at radius 2 is 1.89 bits per heavy atom. The van der Waals surface area contributed by atoms with Crippen LogP contribution in [0.3, 0.4) is 0 Å². The van der Waals surface area contributed by atoms with Crippen molar-refractivity contribution in [1.29, 1.82) is 0 Å². The van der Waals surface area contributed by atoms with E-state index in [9.17, 15) is 0 Å². The number of hydrogen-bond acceptors (Lipinski definition) is 2. The normalized spacial score (nSPS) is 19.4. The summed E-state index contributed by atoms with van der Waals surface area (Å²) < 4.78 is 5.29. The van der Waals surface area contributed by atoms with Gasteiger partial charge in [0.1, 0.15) is 5.75 Å². The van der Waals surface area contributed by atoms with Gasteiger partial charge in [0, 0.05) is 35.6 Å². The molecule has 1 aromatic heterocycles. The average Bonchev–Trinajstić information content (AvgIpc) is 3.15. The molecule has 27 heavy (non-hydrogen) atoms. The number of hydrogen-bond donors (Lipinski definition) is 2. The number of methoxy groups -OCH3 is 1. The number of H-pyrrole nitrogens is 1. The SMILES string of the molecule is COc1ccc(C2C=CCNC2CCCCc2c[nH]c3ccccc23)cc1. The largest absolute Gasteiger partial charge is 0.497 e. The average molecular weight is 361 g/mol. The van der Waals surface area contributed by atoms with Crippen LogP contribution in [0.1, 0.15) is 36.3 Å². The molecule has 2 N–H and O–H groups in total. The van der Waals surface area contributed by atoms with E-state index < -0.39 is 0 Å². The van der Waals surface area contributed by atoms with E-state index in [2.05, 4.69) is 77.2 Å². The van der Waals surface area contributed by atoms with Gasteiger partial charge in [-0.2, -0.15) is 0 Å². The third-order valence-electron chi connectivity index (χ3n) is 5.66. The topological polar surface area (TPSA) is 37.0 Å². The predicted molar refractivity (Wildman–Crippen MR) is 113 cm³/mol. The second-order valence-electron chi connectivity index (χ2n) is 7.35. The van der Waals surface area contributed by atoms with Crippen LogP contribution in [-0.2, 0) is 6.42 Å². The Kier molecular flexibility index (Phi) is 5.59. The Hall–Kier alpha value is -2.52. The van der Waals surface area contributed by atoms with Crippen molar-refractivity contribution < 1.29 is 4.74 Å². The quantitative estimate of drug-likeness (QED) is 0.449. The smallest absolute Gasteiger partial charge is 0.118 e. The van der Waals surface area contributed by atoms with Crippen molar-refractivity contribution in [3.63, 3.8) is 0 Å². The maximum Gasteiger partial charge on any atom is 0.118 e. The highest BCUT2D eigenvalue weighted by molar-refractivity contribution is 5.82. The summed E-state index contributed by atoms with van der Waals surface area (Å²) >= 11 is 0. The van der Waals surface area contributed by atoms with Crippen LogP contribution in [0, 0.1) is 0 Å². The highest BCUT2D eigenvalue weighted by atomic mass is 16.5. The number of unbranched alkanes of at least 4 members (excludes halogenated alkanes) is 1. The van der Waals surface area contributed by atoms with Crippen molar-refractivity contribution in [1.82, 2.24) is 10.3 Å². The molecule has 0 saturated heterocycles. The van der Waals surface area contributed by atoms with Gasteiger partial charge in [0.2, 0.25) is 0 Å². The van der Waals surface area contributed by atoms with Crippen molar-refractivity contribution in [3.8, 4) is 5.75 Å². The molecule has 1 aliphatic heterocycles. The molecule has 0 amide bonds. The van der Waals surface area contributed by atoms with E-state index in [4.69, 9.17) is 4.74 Å². The van der Waals surface area contributed by atoms with Gasteiger partial charge in [-0.1, -0.05) is 48.9 Å². The van der Waals surface area contributed by atoms with E-state index in [1.54, 1.807) is 7.11 Å². The number of rotatable bonds is 7. The second-order valence-corrected chi connectivity index (χ2v) is 7.35. The van der Waals surface area contributed by atoms with Gasteiger partial charge in [0.25, 0.3) is 0 Å². The molecule has 2 unspecified atom stereocenters. The molecule has 0 fully saturated rings. The van der Waals surface area contributed by atoms with Crippen LogP contribution in [0.4, 0.5) is 0 Å². The minimum Gasteiger partial charge on any atom is -0.497 e. The molecule has 4 rings (SSSR count). The number of benzene rings is 2. The zero-order chi connectivity index (χ0) is 18.5. The monoisotopic (exact) mass is 360 g/mol. The molecule has 3 heteroatoms. The standard InChI is InChI=1S/C24H28N2O/c1-27-20-14-12-18(13-15-20)21-9-6-16-25-23(21)10-4-2-7-19-17-26-24-11-5-3-8-22(19)24/h3,5-6,8-9,11-15,17,21,23,25-26H,2,4,7,10,16H2,1H3. The lowest BCUT2D eigenvalue weighted by molar-refractivity contribution is 0.413. The van der Waals surface area contributed by atoms with Gasteiger partial charge in [-0.3, -0.25) is 0 Å². The zero-order valence-corrected chi connectivity index (χ0v) is 15.9. The Balaban J connectivity index is 1.34. The molecule has 2 atom stereocenters. The molecule has 2 aromatic carbocycles. The summed E-state index contributed by atoms with van der Waals surface area (Å²) in [6.45, 7) is 0.972. The zero-order valence-electron chi connectivity index (χ0n) is 15.9. The Morgan fingerprint density at radius 1 is 1.04 bits per heavy atom. The summed E-state index contributed by atoms with van der Waals surface area (Å²) in [4.78, 5) is 3.38. The number of aromatic nitrogens is 1. The third-order valence-corrected chi connectivity index (χ3v) is 5.66.